The van der Waals surface area contributed by atoms with E-state index in [2.05, 4.69) is 23.9 Å². The molecule has 0 saturated heterocycles. The van der Waals surface area contributed by atoms with E-state index in [0.717, 1.165) is 12.1 Å². The van der Waals surface area contributed by atoms with E-state index in [0.29, 0.717) is 18.4 Å². The van der Waals surface area contributed by atoms with Gasteiger partial charge in [-0.25, -0.2) is 9.78 Å². The highest BCUT2D eigenvalue weighted by molar-refractivity contribution is 5.85. The lowest BCUT2D eigenvalue weighted by atomic mass is 10.3. The molecule has 0 aromatic carbocycles. The van der Waals surface area contributed by atoms with Gasteiger partial charge in [-0.2, -0.15) is 5.10 Å². The quantitative estimate of drug-likeness (QED) is 0.895. The average Bonchev–Trinajstić information content (AvgIpc) is 2.97. The minimum Gasteiger partial charge on any atom is -0.477 e. The third kappa shape index (κ3) is 2.67. The van der Waals surface area contributed by atoms with Crippen molar-refractivity contribution in [2.24, 2.45) is 0 Å². The first-order valence-electron chi connectivity index (χ1n) is 6.32. The normalized spacial score (nSPS) is 12.6. The van der Waals surface area contributed by atoms with Crippen molar-refractivity contribution in [1.82, 2.24) is 19.3 Å². The van der Waals surface area contributed by atoms with Crippen LogP contribution in [0.3, 0.4) is 0 Å². The number of aromatic nitrogens is 4. The Balaban J connectivity index is 2.24. The van der Waals surface area contributed by atoms with E-state index < -0.39 is 5.97 Å². The van der Waals surface area contributed by atoms with E-state index in [1.807, 2.05) is 16.9 Å². The lowest BCUT2D eigenvalue weighted by molar-refractivity contribution is 0.0685. The highest BCUT2D eigenvalue weighted by Crippen LogP contribution is 2.12. The number of aromatic carboxylic acids is 1. The van der Waals surface area contributed by atoms with Gasteiger partial charge in [-0.05, 0) is 26.3 Å². The van der Waals surface area contributed by atoms with Crippen molar-refractivity contribution in [3.8, 4) is 0 Å². The van der Waals surface area contributed by atoms with Crippen LogP contribution in [0.25, 0.3) is 0 Å². The Bertz CT molecular complexity index is 585. The van der Waals surface area contributed by atoms with Crippen LogP contribution in [0, 0.1) is 6.92 Å². The van der Waals surface area contributed by atoms with E-state index in [1.165, 1.54) is 6.20 Å². The van der Waals surface area contributed by atoms with Crippen LogP contribution < -0.4 is 0 Å². The maximum atomic E-state index is 11.1. The molecule has 0 radical (unpaired) electrons. The third-order valence-corrected chi connectivity index (χ3v) is 3.30. The topological polar surface area (TPSA) is 72.9 Å². The maximum Gasteiger partial charge on any atom is 0.354 e. The summed E-state index contributed by atoms with van der Waals surface area (Å²) in [5.74, 6) is -0.294. The molecule has 1 atom stereocenters. The van der Waals surface area contributed by atoms with Gasteiger partial charge in [-0.15, -0.1) is 0 Å². The number of hydrogen-bond acceptors (Lipinski definition) is 3. The fourth-order valence-corrected chi connectivity index (χ4v) is 1.89. The Morgan fingerprint density at radius 2 is 2.26 bits per heavy atom. The van der Waals surface area contributed by atoms with Crippen LogP contribution in [0.4, 0.5) is 0 Å². The molecule has 6 heteroatoms. The highest BCUT2D eigenvalue weighted by atomic mass is 16.4. The van der Waals surface area contributed by atoms with Crippen LogP contribution in [-0.4, -0.2) is 30.4 Å². The summed E-state index contributed by atoms with van der Waals surface area (Å²) in [4.78, 5) is 15.1. The van der Waals surface area contributed by atoms with Crippen LogP contribution >= 0.6 is 0 Å². The highest BCUT2D eigenvalue weighted by Gasteiger charge is 2.14. The molecule has 0 aliphatic carbocycles. The maximum absolute atomic E-state index is 11.1. The number of carbonyl (C=O) groups is 1. The van der Waals surface area contributed by atoms with Gasteiger partial charge >= 0.3 is 5.97 Å². The van der Waals surface area contributed by atoms with E-state index in [-0.39, 0.29) is 5.69 Å². The summed E-state index contributed by atoms with van der Waals surface area (Å²) in [6.45, 7) is 6.42. The molecule has 0 saturated carbocycles. The Morgan fingerprint density at radius 1 is 1.53 bits per heavy atom. The molecule has 0 aliphatic rings. The molecule has 102 valence electrons. The van der Waals surface area contributed by atoms with Crippen molar-refractivity contribution < 1.29 is 9.90 Å². The standard InChI is InChI=1S/C13H18N4O2/c1-4-9(2)17-6-5-11(15-17)8-16-10(3)14-7-12(16)13(18)19/h5-7,9H,4,8H2,1-3H3,(H,18,19). The molecule has 0 bridgehead atoms. The number of imidazole rings is 1. The van der Waals surface area contributed by atoms with Crippen LogP contribution in [0.2, 0.25) is 0 Å². The summed E-state index contributed by atoms with van der Waals surface area (Å²) in [7, 11) is 0. The molecule has 2 aromatic rings. The van der Waals surface area contributed by atoms with Gasteiger partial charge in [0.15, 0.2) is 0 Å². The van der Waals surface area contributed by atoms with Gasteiger partial charge in [0.05, 0.1) is 18.4 Å². The molecule has 0 spiro atoms. The molecular formula is C13H18N4O2. The number of rotatable bonds is 5. The SMILES string of the molecule is CCC(C)n1ccc(Cn2c(C(=O)O)cnc2C)n1. The van der Waals surface area contributed by atoms with Crippen molar-refractivity contribution in [2.45, 2.75) is 39.8 Å². The minimum atomic E-state index is -0.970. The summed E-state index contributed by atoms with van der Waals surface area (Å²) >= 11 is 0. The Morgan fingerprint density at radius 3 is 2.89 bits per heavy atom. The van der Waals surface area contributed by atoms with Crippen molar-refractivity contribution in [3.63, 3.8) is 0 Å². The Hall–Kier alpha value is -2.11. The Kier molecular flexibility index (Phi) is 3.69. The van der Waals surface area contributed by atoms with Gasteiger partial charge < -0.3 is 9.67 Å². The molecule has 6 nitrogen and oxygen atoms in total. The van der Waals surface area contributed by atoms with Crippen molar-refractivity contribution in [3.05, 3.63) is 35.7 Å². The summed E-state index contributed by atoms with van der Waals surface area (Å²) in [5, 5.41) is 13.6. The van der Waals surface area contributed by atoms with E-state index >= 15 is 0 Å². The zero-order valence-corrected chi connectivity index (χ0v) is 11.4. The lowest BCUT2D eigenvalue weighted by Crippen LogP contribution is -2.12. The molecule has 0 amide bonds. The van der Waals surface area contributed by atoms with Crippen LogP contribution in [0.1, 0.15) is 48.3 Å². The van der Waals surface area contributed by atoms with Crippen LogP contribution in [0.5, 0.6) is 0 Å². The first kappa shape index (κ1) is 13.3. The lowest BCUT2D eigenvalue weighted by Gasteiger charge is -2.09. The number of hydrogen-bond donors (Lipinski definition) is 1. The second-order valence-corrected chi connectivity index (χ2v) is 4.63. The molecular weight excluding hydrogens is 244 g/mol. The van der Waals surface area contributed by atoms with Crippen molar-refractivity contribution in [2.75, 3.05) is 0 Å². The molecule has 19 heavy (non-hydrogen) atoms. The second kappa shape index (κ2) is 5.26. The van der Waals surface area contributed by atoms with Gasteiger partial charge in [-0.3, -0.25) is 4.68 Å². The predicted octanol–water partition coefficient (Wildman–Crippen LogP) is 2.11. The zero-order valence-electron chi connectivity index (χ0n) is 11.4. The van der Waals surface area contributed by atoms with Gasteiger partial charge in [-0.1, -0.05) is 6.92 Å². The van der Waals surface area contributed by atoms with E-state index in [1.54, 1.807) is 11.5 Å². The third-order valence-electron chi connectivity index (χ3n) is 3.30. The van der Waals surface area contributed by atoms with Gasteiger partial charge in [0, 0.05) is 12.2 Å². The smallest absolute Gasteiger partial charge is 0.354 e. The molecule has 2 heterocycles. The summed E-state index contributed by atoms with van der Waals surface area (Å²) in [6, 6.07) is 2.26. The van der Waals surface area contributed by atoms with Crippen LogP contribution in [-0.2, 0) is 6.54 Å². The molecule has 0 fully saturated rings. The molecule has 0 aliphatic heterocycles. The fourth-order valence-electron chi connectivity index (χ4n) is 1.89. The van der Waals surface area contributed by atoms with Crippen molar-refractivity contribution >= 4 is 5.97 Å². The van der Waals surface area contributed by atoms with Crippen molar-refractivity contribution in [1.29, 1.82) is 0 Å². The van der Waals surface area contributed by atoms with Crippen LogP contribution in [0.15, 0.2) is 18.5 Å². The number of carboxylic acids is 1. The number of nitrogens with zero attached hydrogens (tertiary/aromatic N) is 4. The summed E-state index contributed by atoms with van der Waals surface area (Å²) in [6.07, 6.45) is 4.31. The molecule has 1 N–H and O–H groups in total. The first-order chi connectivity index (χ1) is 9.02. The molecule has 2 aromatic heterocycles. The average molecular weight is 262 g/mol. The minimum absolute atomic E-state index is 0.190. The van der Waals surface area contributed by atoms with Gasteiger partial charge in [0.25, 0.3) is 0 Å². The second-order valence-electron chi connectivity index (χ2n) is 4.63. The summed E-state index contributed by atoms with van der Waals surface area (Å²) in [5.41, 5.74) is 1.03. The molecule has 1 unspecified atom stereocenters. The molecule has 2 rings (SSSR count). The van der Waals surface area contributed by atoms with Gasteiger partial charge in [0.1, 0.15) is 11.5 Å². The van der Waals surface area contributed by atoms with E-state index in [4.69, 9.17) is 5.11 Å². The first-order valence-corrected chi connectivity index (χ1v) is 6.32. The number of carboxylic acid groups (broad SMARTS) is 1. The van der Waals surface area contributed by atoms with Gasteiger partial charge in [0.2, 0.25) is 0 Å². The number of aryl methyl sites for hydroxylation is 1. The largest absolute Gasteiger partial charge is 0.477 e. The Labute approximate surface area is 111 Å². The monoisotopic (exact) mass is 262 g/mol. The predicted molar refractivity (Wildman–Crippen MR) is 70.3 cm³/mol. The zero-order chi connectivity index (χ0) is 14.0. The summed E-state index contributed by atoms with van der Waals surface area (Å²) < 4.78 is 3.56. The fraction of sp³-hybridized carbons (Fsp3) is 0.462. The van der Waals surface area contributed by atoms with E-state index in [9.17, 15) is 4.79 Å².